The van der Waals surface area contributed by atoms with Gasteiger partial charge in [0.2, 0.25) is 3.79 Å². The number of carbonyl (C=O) groups excluding carboxylic acids is 1. The van der Waals surface area contributed by atoms with Crippen molar-refractivity contribution >= 4 is 53.3 Å². The third-order valence-electron chi connectivity index (χ3n) is 3.49. The molecule has 2 unspecified atom stereocenters. The summed E-state index contributed by atoms with van der Waals surface area (Å²) in [6, 6.07) is 0.105. The summed E-state index contributed by atoms with van der Waals surface area (Å²) in [5.74, 6) is 0. The predicted molar refractivity (Wildman–Crippen MR) is 84.1 cm³/mol. The van der Waals surface area contributed by atoms with Crippen LogP contribution < -0.4 is 5.32 Å². The SMILES string of the molecule is CC(C)(OC(=O)N1C2C=CCC1CNC2)C(Cl)(Cl)Cl.Cl. The van der Waals surface area contributed by atoms with Crippen molar-refractivity contribution in [3.8, 4) is 0 Å². The van der Waals surface area contributed by atoms with E-state index in [4.69, 9.17) is 39.5 Å². The van der Waals surface area contributed by atoms with Gasteiger partial charge in [0.1, 0.15) is 0 Å². The normalized spacial score (nSPS) is 25.9. The Hall–Kier alpha value is 0.130. The average molecular weight is 364 g/mol. The standard InChI is InChI=1S/C12H17Cl3N2O2.ClH/c1-11(2,12(13,14)15)19-10(18)17-8-4-3-5-9(17)7-16-6-8;/h3-4,8-9,16H,5-7H2,1-2H3;1H. The molecule has 0 saturated carbocycles. The van der Waals surface area contributed by atoms with Gasteiger partial charge in [-0.05, 0) is 20.3 Å². The van der Waals surface area contributed by atoms with E-state index < -0.39 is 15.5 Å². The van der Waals surface area contributed by atoms with Gasteiger partial charge in [-0.2, -0.15) is 0 Å². The van der Waals surface area contributed by atoms with Crippen molar-refractivity contribution in [2.24, 2.45) is 0 Å². The molecule has 2 aliphatic rings. The monoisotopic (exact) mass is 362 g/mol. The van der Waals surface area contributed by atoms with Crippen LogP contribution in [0.1, 0.15) is 20.3 Å². The molecule has 0 aromatic heterocycles. The Labute approximate surface area is 140 Å². The highest BCUT2D eigenvalue weighted by Crippen LogP contribution is 2.41. The van der Waals surface area contributed by atoms with Crippen LogP contribution in [-0.4, -0.2) is 45.6 Å². The lowest BCUT2D eigenvalue weighted by Crippen LogP contribution is -2.61. The number of nitrogens with one attached hydrogen (secondary N) is 1. The van der Waals surface area contributed by atoms with Crippen molar-refractivity contribution in [1.29, 1.82) is 0 Å². The molecule has 8 heteroatoms. The number of alkyl halides is 3. The molecule has 2 aliphatic heterocycles. The minimum absolute atomic E-state index is 0. The predicted octanol–water partition coefficient (Wildman–Crippen LogP) is 3.30. The number of halogens is 4. The summed E-state index contributed by atoms with van der Waals surface area (Å²) in [7, 11) is 0. The van der Waals surface area contributed by atoms with Gasteiger partial charge in [0.15, 0.2) is 5.60 Å². The number of hydrogen-bond acceptors (Lipinski definition) is 3. The molecule has 20 heavy (non-hydrogen) atoms. The Balaban J connectivity index is 0.00000200. The number of carbonyl (C=O) groups is 1. The molecule has 0 aromatic rings. The molecule has 0 aromatic carbocycles. The van der Waals surface area contributed by atoms with Gasteiger partial charge in [0.05, 0.1) is 12.1 Å². The number of nitrogens with zero attached hydrogens (tertiary/aromatic N) is 1. The lowest BCUT2D eigenvalue weighted by molar-refractivity contribution is -0.00474. The second kappa shape index (κ2) is 6.49. The number of fused-ring (bicyclic) bond motifs is 2. The van der Waals surface area contributed by atoms with Crippen LogP contribution >= 0.6 is 47.2 Å². The van der Waals surface area contributed by atoms with Crippen LogP contribution in [0, 0.1) is 0 Å². The minimum atomic E-state index is -1.67. The van der Waals surface area contributed by atoms with Crippen molar-refractivity contribution in [3.05, 3.63) is 12.2 Å². The van der Waals surface area contributed by atoms with Crippen LogP contribution in [0.2, 0.25) is 0 Å². The lowest BCUT2D eigenvalue weighted by atomic mass is 9.99. The van der Waals surface area contributed by atoms with E-state index in [0.717, 1.165) is 19.5 Å². The van der Waals surface area contributed by atoms with Crippen LogP contribution in [0.3, 0.4) is 0 Å². The largest absolute Gasteiger partial charge is 0.439 e. The average Bonchev–Trinajstić information content (AvgIpc) is 2.25. The summed E-state index contributed by atoms with van der Waals surface area (Å²) in [4.78, 5) is 14.1. The quantitative estimate of drug-likeness (QED) is 0.574. The van der Waals surface area contributed by atoms with Crippen LogP contribution in [0.25, 0.3) is 0 Å². The van der Waals surface area contributed by atoms with Gasteiger partial charge in [-0.25, -0.2) is 4.79 Å². The first-order valence-electron chi connectivity index (χ1n) is 6.18. The van der Waals surface area contributed by atoms with Crippen LogP contribution in [-0.2, 0) is 4.74 Å². The van der Waals surface area contributed by atoms with Crippen molar-refractivity contribution in [2.75, 3.05) is 13.1 Å². The maximum absolute atomic E-state index is 12.3. The van der Waals surface area contributed by atoms with E-state index in [2.05, 4.69) is 11.4 Å². The molecule has 1 N–H and O–H groups in total. The zero-order valence-corrected chi connectivity index (χ0v) is 14.3. The molecule has 2 atom stereocenters. The molecular formula is C12H18Cl4N2O2. The molecule has 0 aliphatic carbocycles. The lowest BCUT2D eigenvalue weighted by Gasteiger charge is -2.44. The van der Waals surface area contributed by atoms with Gasteiger partial charge >= 0.3 is 6.09 Å². The van der Waals surface area contributed by atoms with Gasteiger partial charge in [-0.15, -0.1) is 12.4 Å². The number of amides is 1. The molecule has 2 heterocycles. The first kappa shape index (κ1) is 18.2. The van der Waals surface area contributed by atoms with Gasteiger partial charge in [-0.1, -0.05) is 47.0 Å². The fraction of sp³-hybridized carbons (Fsp3) is 0.750. The molecule has 1 saturated heterocycles. The zero-order valence-electron chi connectivity index (χ0n) is 11.2. The Morgan fingerprint density at radius 1 is 1.35 bits per heavy atom. The Morgan fingerprint density at radius 3 is 2.55 bits per heavy atom. The van der Waals surface area contributed by atoms with E-state index >= 15 is 0 Å². The van der Waals surface area contributed by atoms with Crippen LogP contribution in [0.5, 0.6) is 0 Å². The molecule has 1 amide bonds. The van der Waals surface area contributed by atoms with Crippen molar-refractivity contribution in [1.82, 2.24) is 10.2 Å². The minimum Gasteiger partial charge on any atom is -0.439 e. The van der Waals surface area contributed by atoms with E-state index in [-0.39, 0.29) is 24.5 Å². The second-order valence-corrected chi connectivity index (χ2v) is 7.61. The molecule has 2 bridgehead atoms. The Bertz CT molecular complexity index is 395. The van der Waals surface area contributed by atoms with Gasteiger partial charge in [0.25, 0.3) is 0 Å². The summed E-state index contributed by atoms with van der Waals surface area (Å²) in [6.07, 6.45) is 4.48. The fourth-order valence-electron chi connectivity index (χ4n) is 2.23. The molecule has 1 fully saturated rings. The first-order chi connectivity index (χ1) is 8.72. The summed E-state index contributed by atoms with van der Waals surface area (Å²) < 4.78 is 3.74. The number of ether oxygens (including phenoxy) is 1. The van der Waals surface area contributed by atoms with E-state index in [0.29, 0.717) is 0 Å². The number of rotatable bonds is 1. The first-order valence-corrected chi connectivity index (χ1v) is 7.31. The van der Waals surface area contributed by atoms with Gasteiger partial charge in [-0.3, -0.25) is 4.90 Å². The maximum atomic E-state index is 12.3. The summed E-state index contributed by atoms with van der Waals surface area (Å²) in [5, 5.41) is 3.29. The van der Waals surface area contributed by atoms with Crippen molar-refractivity contribution in [3.63, 3.8) is 0 Å². The van der Waals surface area contributed by atoms with Crippen LogP contribution in [0.4, 0.5) is 4.79 Å². The third kappa shape index (κ3) is 3.66. The summed E-state index contributed by atoms with van der Waals surface area (Å²) >= 11 is 17.5. The maximum Gasteiger partial charge on any atom is 0.411 e. The molecule has 116 valence electrons. The summed E-state index contributed by atoms with van der Waals surface area (Å²) in [6.45, 7) is 4.65. The Kier molecular flexibility index (Phi) is 5.90. The molecule has 0 spiro atoms. The van der Waals surface area contributed by atoms with E-state index in [1.807, 2.05) is 6.08 Å². The highest BCUT2D eigenvalue weighted by atomic mass is 35.6. The highest BCUT2D eigenvalue weighted by Gasteiger charge is 2.46. The molecule has 4 nitrogen and oxygen atoms in total. The second-order valence-electron chi connectivity index (χ2n) is 5.33. The fourth-order valence-corrected chi connectivity index (χ4v) is 2.34. The number of hydrogen-bond donors (Lipinski definition) is 1. The molecule has 2 rings (SSSR count). The Morgan fingerprint density at radius 2 is 2.00 bits per heavy atom. The van der Waals surface area contributed by atoms with Gasteiger partial charge in [0, 0.05) is 13.1 Å². The van der Waals surface area contributed by atoms with Crippen LogP contribution in [0.15, 0.2) is 12.2 Å². The number of piperazine rings is 1. The molecular weight excluding hydrogens is 346 g/mol. The highest BCUT2D eigenvalue weighted by molar-refractivity contribution is 6.68. The van der Waals surface area contributed by atoms with E-state index in [1.165, 1.54) is 0 Å². The topological polar surface area (TPSA) is 41.6 Å². The van der Waals surface area contributed by atoms with Crippen molar-refractivity contribution < 1.29 is 9.53 Å². The van der Waals surface area contributed by atoms with E-state index in [1.54, 1.807) is 18.7 Å². The smallest absolute Gasteiger partial charge is 0.411 e. The van der Waals surface area contributed by atoms with E-state index in [9.17, 15) is 4.79 Å². The van der Waals surface area contributed by atoms with Gasteiger partial charge < -0.3 is 10.1 Å². The van der Waals surface area contributed by atoms with Crippen molar-refractivity contribution in [2.45, 2.75) is 41.7 Å². The zero-order chi connectivity index (χ0) is 14.3. The third-order valence-corrected chi connectivity index (χ3v) is 4.85. The summed E-state index contributed by atoms with van der Waals surface area (Å²) in [5.41, 5.74) is -1.18. The molecule has 0 radical (unpaired) electrons.